The Hall–Kier alpha value is -5.08. The second-order valence-electron chi connectivity index (χ2n) is 11.1. The molecule has 0 aliphatic heterocycles. The Labute approximate surface area is 256 Å². The molecule has 1 fully saturated rings. The largest absolute Gasteiger partial charge is 0.446 e. The molecule has 1 aromatic heterocycles. The van der Waals surface area contributed by atoms with Crippen LogP contribution in [0.4, 0.5) is 10.5 Å². The molecular weight excluding hydrogens is 550 g/mol. The number of aromatic nitrogens is 3. The Balaban J connectivity index is 1.09. The fourth-order valence-electron chi connectivity index (χ4n) is 5.66. The van der Waals surface area contributed by atoms with Crippen molar-refractivity contribution in [1.29, 1.82) is 0 Å². The molecule has 8 nitrogen and oxygen atoms in total. The summed E-state index contributed by atoms with van der Waals surface area (Å²) in [7, 11) is 0. The number of amides is 1. The van der Waals surface area contributed by atoms with Crippen molar-refractivity contribution in [3.63, 3.8) is 0 Å². The van der Waals surface area contributed by atoms with Crippen LogP contribution in [-0.4, -0.2) is 39.5 Å². The predicted molar refractivity (Wildman–Crippen MR) is 173 cm³/mol. The van der Waals surface area contributed by atoms with E-state index in [0.29, 0.717) is 29.4 Å². The number of allylic oxidation sites excluding steroid dienone is 1. The van der Waals surface area contributed by atoms with Crippen molar-refractivity contribution < 1.29 is 14.3 Å². The third-order valence-corrected chi connectivity index (χ3v) is 8.01. The molecule has 0 radical (unpaired) electrons. The molecule has 222 valence electrons. The summed E-state index contributed by atoms with van der Waals surface area (Å²) in [5.41, 5.74) is 6.92. The molecule has 2 N–H and O–H groups in total. The summed E-state index contributed by atoms with van der Waals surface area (Å²) in [6, 6.07) is 32.1. The maximum atomic E-state index is 13.1. The third kappa shape index (κ3) is 7.27. The van der Waals surface area contributed by atoms with Crippen molar-refractivity contribution in [2.24, 2.45) is 0 Å². The fraction of sp³-hybridized carbons (Fsp3) is 0.222. The van der Waals surface area contributed by atoms with Crippen LogP contribution in [0, 0.1) is 0 Å². The SMILES string of the molecule is O=Cc1ccc2c(c1)nnn2CC=Cc1ccc(-c2ccccc2)c(NC(=O)O[C@H]2CC[C@H](NCc3ccccc3)CC2)c1. The van der Waals surface area contributed by atoms with Gasteiger partial charge in [0, 0.05) is 23.7 Å². The zero-order valence-electron chi connectivity index (χ0n) is 24.4. The van der Waals surface area contributed by atoms with Crippen LogP contribution in [0.5, 0.6) is 0 Å². The summed E-state index contributed by atoms with van der Waals surface area (Å²) in [6.07, 6.45) is 7.85. The number of benzene rings is 4. The van der Waals surface area contributed by atoms with E-state index < -0.39 is 6.09 Å². The molecule has 0 spiro atoms. The standard InChI is InChI=1S/C36H35N5O3/c42-25-28-14-20-35-34(23-28)39-40-41(35)21-7-10-26-13-19-32(29-11-5-2-6-12-29)33(22-26)38-36(43)44-31-17-15-30(16-18-31)37-24-27-8-3-1-4-9-27/h1-14,19-20,22-23,25,30-31,37H,15-18,21,24H2,(H,38,43)/t30-,31-. The smallest absolute Gasteiger partial charge is 0.411 e. The van der Waals surface area contributed by atoms with Crippen LogP contribution in [0.2, 0.25) is 0 Å². The van der Waals surface area contributed by atoms with Gasteiger partial charge in [-0.25, -0.2) is 9.48 Å². The maximum Gasteiger partial charge on any atom is 0.411 e. The van der Waals surface area contributed by atoms with Crippen LogP contribution in [0.15, 0.2) is 103 Å². The second-order valence-corrected chi connectivity index (χ2v) is 11.1. The van der Waals surface area contributed by atoms with Crippen molar-refractivity contribution in [2.75, 3.05) is 5.32 Å². The molecular formula is C36H35N5O3. The molecule has 0 atom stereocenters. The molecule has 1 heterocycles. The number of carbonyl (C=O) groups excluding carboxylic acids is 2. The number of fused-ring (bicyclic) bond motifs is 1. The molecule has 8 heteroatoms. The minimum atomic E-state index is -0.437. The van der Waals surface area contributed by atoms with Crippen molar-refractivity contribution in [1.82, 2.24) is 20.3 Å². The Morgan fingerprint density at radius 2 is 1.64 bits per heavy atom. The van der Waals surface area contributed by atoms with Crippen LogP contribution in [0.3, 0.4) is 0 Å². The molecule has 4 aromatic carbocycles. The van der Waals surface area contributed by atoms with E-state index in [-0.39, 0.29) is 6.10 Å². The van der Waals surface area contributed by atoms with Gasteiger partial charge in [-0.3, -0.25) is 10.1 Å². The van der Waals surface area contributed by atoms with Gasteiger partial charge in [0.25, 0.3) is 0 Å². The van der Waals surface area contributed by atoms with Crippen molar-refractivity contribution in [2.45, 2.75) is 50.9 Å². The van der Waals surface area contributed by atoms with Gasteiger partial charge < -0.3 is 10.1 Å². The second kappa shape index (κ2) is 13.9. The molecule has 6 rings (SSSR count). The van der Waals surface area contributed by atoms with E-state index in [4.69, 9.17) is 4.74 Å². The number of nitrogens with zero attached hydrogens (tertiary/aromatic N) is 3. The topological polar surface area (TPSA) is 98.1 Å². The molecule has 0 saturated heterocycles. The Bertz CT molecular complexity index is 1740. The van der Waals surface area contributed by atoms with Gasteiger partial charge in [0.05, 0.1) is 17.7 Å². The number of carbonyl (C=O) groups is 2. The van der Waals surface area contributed by atoms with Gasteiger partial charge in [0.2, 0.25) is 0 Å². The fourth-order valence-corrected chi connectivity index (χ4v) is 5.66. The minimum Gasteiger partial charge on any atom is -0.446 e. The van der Waals surface area contributed by atoms with E-state index in [1.165, 1.54) is 5.56 Å². The molecule has 0 bridgehead atoms. The summed E-state index contributed by atoms with van der Waals surface area (Å²) >= 11 is 0. The Kier molecular flexibility index (Phi) is 9.18. The van der Waals surface area contributed by atoms with Crippen molar-refractivity contribution in [3.8, 4) is 11.1 Å². The van der Waals surface area contributed by atoms with Crippen LogP contribution in [0.1, 0.15) is 47.2 Å². The first-order valence-corrected chi connectivity index (χ1v) is 15.0. The Morgan fingerprint density at radius 1 is 0.886 bits per heavy atom. The molecule has 0 unspecified atom stereocenters. The van der Waals surface area contributed by atoms with Crippen LogP contribution in [0.25, 0.3) is 28.2 Å². The normalized spacial score (nSPS) is 16.6. The minimum absolute atomic E-state index is 0.104. The number of hydrogen-bond donors (Lipinski definition) is 2. The molecule has 1 aliphatic rings. The van der Waals surface area contributed by atoms with Gasteiger partial charge in [0.15, 0.2) is 0 Å². The number of hydrogen-bond acceptors (Lipinski definition) is 6. The Morgan fingerprint density at radius 3 is 2.41 bits per heavy atom. The molecule has 1 saturated carbocycles. The first-order valence-electron chi connectivity index (χ1n) is 15.0. The van der Waals surface area contributed by atoms with Gasteiger partial charge in [0.1, 0.15) is 17.9 Å². The summed E-state index contributed by atoms with van der Waals surface area (Å²) in [6.45, 7) is 1.35. The van der Waals surface area contributed by atoms with E-state index in [2.05, 4.69) is 45.2 Å². The van der Waals surface area contributed by atoms with E-state index in [0.717, 1.165) is 60.7 Å². The number of ether oxygens (including phenoxy) is 1. The summed E-state index contributed by atoms with van der Waals surface area (Å²) < 4.78 is 7.67. The first-order chi connectivity index (χ1) is 21.6. The van der Waals surface area contributed by atoms with Crippen molar-refractivity contribution >= 4 is 35.2 Å². The quantitative estimate of drug-likeness (QED) is 0.167. The van der Waals surface area contributed by atoms with Crippen LogP contribution in [-0.2, 0) is 17.8 Å². The van der Waals surface area contributed by atoms with Gasteiger partial charge >= 0.3 is 6.09 Å². The molecule has 1 amide bonds. The monoisotopic (exact) mass is 585 g/mol. The first kappa shape index (κ1) is 29.0. The van der Waals surface area contributed by atoms with Crippen molar-refractivity contribution in [3.05, 3.63) is 120 Å². The van der Waals surface area contributed by atoms with Crippen LogP contribution >= 0.6 is 0 Å². The maximum absolute atomic E-state index is 13.1. The highest BCUT2D eigenvalue weighted by Crippen LogP contribution is 2.30. The van der Waals surface area contributed by atoms with E-state index in [1.807, 2.05) is 72.8 Å². The highest BCUT2D eigenvalue weighted by Gasteiger charge is 2.24. The zero-order valence-corrected chi connectivity index (χ0v) is 24.4. The highest BCUT2D eigenvalue weighted by atomic mass is 16.6. The number of aldehydes is 1. The van der Waals surface area contributed by atoms with Gasteiger partial charge in [-0.05, 0) is 66.6 Å². The molecule has 44 heavy (non-hydrogen) atoms. The van der Waals surface area contributed by atoms with E-state index in [1.54, 1.807) is 16.8 Å². The average molecular weight is 586 g/mol. The number of rotatable bonds is 10. The summed E-state index contributed by atoms with van der Waals surface area (Å²) in [5, 5.41) is 15.1. The number of nitrogens with one attached hydrogen (secondary N) is 2. The molecule has 1 aliphatic carbocycles. The number of anilines is 1. The van der Waals surface area contributed by atoms with Crippen LogP contribution < -0.4 is 10.6 Å². The highest BCUT2D eigenvalue weighted by molar-refractivity contribution is 5.92. The summed E-state index contributed by atoms with van der Waals surface area (Å²) in [5.74, 6) is 0. The average Bonchev–Trinajstić information content (AvgIpc) is 3.47. The lowest BCUT2D eigenvalue weighted by atomic mass is 9.93. The van der Waals surface area contributed by atoms with Gasteiger partial charge in [-0.1, -0.05) is 90.2 Å². The van der Waals surface area contributed by atoms with Gasteiger partial charge in [-0.2, -0.15) is 0 Å². The lowest BCUT2D eigenvalue weighted by Crippen LogP contribution is -2.36. The lowest BCUT2D eigenvalue weighted by molar-refractivity contribution is 0.0790. The predicted octanol–water partition coefficient (Wildman–Crippen LogP) is 7.27. The van der Waals surface area contributed by atoms with E-state index in [9.17, 15) is 9.59 Å². The molecule has 5 aromatic rings. The lowest BCUT2D eigenvalue weighted by Gasteiger charge is -2.29. The van der Waals surface area contributed by atoms with E-state index >= 15 is 0 Å². The zero-order chi connectivity index (χ0) is 30.1. The third-order valence-electron chi connectivity index (χ3n) is 8.01. The van der Waals surface area contributed by atoms with Gasteiger partial charge in [-0.15, -0.1) is 5.10 Å². The summed E-state index contributed by atoms with van der Waals surface area (Å²) in [4.78, 5) is 24.2.